The first-order valence-electron chi connectivity index (χ1n) is 8.89. The highest BCUT2D eigenvalue weighted by Crippen LogP contribution is 2.38. The van der Waals surface area contributed by atoms with Gasteiger partial charge in [-0.3, -0.25) is 9.78 Å². The number of furan rings is 1. The quantitative estimate of drug-likeness (QED) is 0.493. The van der Waals surface area contributed by atoms with Crippen molar-refractivity contribution in [2.24, 2.45) is 0 Å². The molecule has 0 fully saturated rings. The van der Waals surface area contributed by atoms with Crippen LogP contribution in [0.15, 0.2) is 94.4 Å². The molecule has 0 unspecified atom stereocenters. The summed E-state index contributed by atoms with van der Waals surface area (Å²) in [5.41, 5.74) is 3.32. The highest BCUT2D eigenvalue weighted by molar-refractivity contribution is 6.00. The number of benzene rings is 2. The van der Waals surface area contributed by atoms with Crippen LogP contribution < -0.4 is 5.56 Å². The lowest BCUT2D eigenvalue weighted by Crippen LogP contribution is -2.09. The van der Waals surface area contributed by atoms with Gasteiger partial charge in [-0.1, -0.05) is 60.7 Å². The second-order valence-electron chi connectivity index (χ2n) is 6.37. The summed E-state index contributed by atoms with van der Waals surface area (Å²) in [5.74, 6) is 1.06. The van der Waals surface area contributed by atoms with Gasteiger partial charge in [0, 0.05) is 29.1 Å². The Morgan fingerprint density at radius 2 is 1.46 bits per heavy atom. The number of pyridine rings is 1. The fourth-order valence-electron chi connectivity index (χ4n) is 3.32. The minimum Gasteiger partial charge on any atom is -0.437 e. The van der Waals surface area contributed by atoms with E-state index in [2.05, 4.69) is 15.0 Å². The maximum atomic E-state index is 13.0. The number of aromatic nitrogens is 3. The molecule has 134 valence electrons. The average molecular weight is 365 g/mol. The molecule has 0 bridgehead atoms. The van der Waals surface area contributed by atoms with E-state index in [1.165, 1.54) is 0 Å². The second-order valence-corrected chi connectivity index (χ2v) is 6.37. The third kappa shape index (κ3) is 2.70. The maximum absolute atomic E-state index is 13.0. The Bertz CT molecular complexity index is 1310. The van der Waals surface area contributed by atoms with E-state index in [1.807, 2.05) is 66.7 Å². The summed E-state index contributed by atoms with van der Waals surface area (Å²) in [6, 6.07) is 23.1. The summed E-state index contributed by atoms with van der Waals surface area (Å²) in [5, 5.41) is 0.442. The molecule has 5 rings (SSSR count). The van der Waals surface area contributed by atoms with Crippen LogP contribution in [0.2, 0.25) is 0 Å². The van der Waals surface area contributed by atoms with Crippen molar-refractivity contribution in [3.05, 3.63) is 95.5 Å². The van der Waals surface area contributed by atoms with Crippen molar-refractivity contribution in [3.63, 3.8) is 0 Å². The summed E-state index contributed by atoms with van der Waals surface area (Å²) < 4.78 is 6.13. The lowest BCUT2D eigenvalue weighted by Gasteiger charge is -2.03. The summed E-state index contributed by atoms with van der Waals surface area (Å²) in [6.45, 7) is 0. The Labute approximate surface area is 160 Å². The Hall–Kier alpha value is -3.99. The first kappa shape index (κ1) is 16.2. The van der Waals surface area contributed by atoms with Gasteiger partial charge in [0.1, 0.15) is 17.0 Å². The molecule has 0 atom stereocenters. The van der Waals surface area contributed by atoms with Crippen LogP contribution >= 0.6 is 0 Å². The van der Waals surface area contributed by atoms with E-state index < -0.39 is 0 Å². The van der Waals surface area contributed by atoms with Crippen molar-refractivity contribution in [1.29, 1.82) is 0 Å². The highest BCUT2D eigenvalue weighted by Gasteiger charge is 2.22. The number of hydrogen-bond acceptors (Lipinski definition) is 4. The van der Waals surface area contributed by atoms with Crippen LogP contribution in [0.4, 0.5) is 0 Å². The van der Waals surface area contributed by atoms with E-state index in [9.17, 15) is 4.79 Å². The molecule has 1 N–H and O–H groups in total. The van der Waals surface area contributed by atoms with Crippen molar-refractivity contribution >= 4 is 11.1 Å². The molecule has 5 heteroatoms. The summed E-state index contributed by atoms with van der Waals surface area (Å²) in [4.78, 5) is 24.6. The van der Waals surface area contributed by atoms with Crippen molar-refractivity contribution in [1.82, 2.24) is 15.0 Å². The monoisotopic (exact) mass is 365 g/mol. The molecular weight excluding hydrogens is 350 g/mol. The van der Waals surface area contributed by atoms with E-state index in [-0.39, 0.29) is 5.56 Å². The summed E-state index contributed by atoms with van der Waals surface area (Å²) in [6.07, 6.45) is 3.33. The molecule has 0 spiro atoms. The van der Waals surface area contributed by atoms with Crippen LogP contribution in [-0.4, -0.2) is 15.0 Å². The normalized spacial score (nSPS) is 11.0. The van der Waals surface area contributed by atoms with Crippen LogP contribution in [0.3, 0.4) is 0 Å². The molecule has 3 heterocycles. The number of nitrogens with zero attached hydrogens (tertiary/aromatic N) is 2. The van der Waals surface area contributed by atoms with Crippen molar-refractivity contribution in [2.45, 2.75) is 0 Å². The van der Waals surface area contributed by atoms with Crippen molar-refractivity contribution < 1.29 is 4.42 Å². The van der Waals surface area contributed by atoms with Crippen LogP contribution in [-0.2, 0) is 0 Å². The Morgan fingerprint density at radius 1 is 0.786 bits per heavy atom. The molecule has 5 nitrogen and oxygen atoms in total. The van der Waals surface area contributed by atoms with Crippen LogP contribution in [0.1, 0.15) is 0 Å². The van der Waals surface area contributed by atoms with Crippen LogP contribution in [0.25, 0.3) is 44.9 Å². The molecule has 0 saturated heterocycles. The molecular formula is C23H15N3O2. The van der Waals surface area contributed by atoms with Crippen LogP contribution in [0, 0.1) is 0 Å². The standard InChI is InChI=1S/C23H15N3O2/c27-22-19-18(15-8-3-1-4-9-15)20(16-10-5-2-6-11-16)28-23(19)26-21(25-22)17-12-7-13-24-14-17/h1-14H,(H,25,26,27). The predicted molar refractivity (Wildman–Crippen MR) is 109 cm³/mol. The fourth-order valence-corrected chi connectivity index (χ4v) is 3.32. The minimum absolute atomic E-state index is 0.242. The SMILES string of the molecule is O=c1[nH]c(-c2cccnc2)nc2oc(-c3ccccc3)c(-c3ccccc3)c12. The number of fused-ring (bicyclic) bond motifs is 1. The number of hydrogen-bond donors (Lipinski definition) is 1. The predicted octanol–water partition coefficient (Wildman–Crippen LogP) is 4.91. The van der Waals surface area contributed by atoms with E-state index in [0.717, 1.165) is 22.3 Å². The number of H-pyrrole nitrogens is 1. The Kier molecular flexibility index (Phi) is 3.84. The lowest BCUT2D eigenvalue weighted by molar-refractivity contribution is 0.618. The van der Waals surface area contributed by atoms with Gasteiger partial charge in [0.05, 0.1) is 0 Å². The third-order valence-electron chi connectivity index (χ3n) is 4.60. The fraction of sp³-hybridized carbons (Fsp3) is 0. The van der Waals surface area contributed by atoms with Gasteiger partial charge >= 0.3 is 0 Å². The largest absolute Gasteiger partial charge is 0.437 e. The van der Waals surface area contributed by atoms with Gasteiger partial charge in [0.2, 0.25) is 5.71 Å². The lowest BCUT2D eigenvalue weighted by atomic mass is 10.00. The van der Waals surface area contributed by atoms with E-state index >= 15 is 0 Å². The molecule has 5 aromatic rings. The number of rotatable bonds is 3. The minimum atomic E-state index is -0.242. The van der Waals surface area contributed by atoms with E-state index in [4.69, 9.17) is 4.42 Å². The zero-order chi connectivity index (χ0) is 18.9. The molecule has 0 amide bonds. The van der Waals surface area contributed by atoms with Crippen LogP contribution in [0.5, 0.6) is 0 Å². The van der Waals surface area contributed by atoms with Gasteiger partial charge in [0.15, 0.2) is 0 Å². The van der Waals surface area contributed by atoms with Crippen molar-refractivity contribution in [2.75, 3.05) is 0 Å². The summed E-state index contributed by atoms with van der Waals surface area (Å²) >= 11 is 0. The molecule has 0 radical (unpaired) electrons. The van der Waals surface area contributed by atoms with Gasteiger partial charge < -0.3 is 9.40 Å². The van der Waals surface area contributed by atoms with E-state index in [0.29, 0.717) is 22.7 Å². The molecule has 2 aromatic carbocycles. The highest BCUT2D eigenvalue weighted by atomic mass is 16.3. The topological polar surface area (TPSA) is 71.8 Å². The molecule has 0 aliphatic rings. The zero-order valence-electron chi connectivity index (χ0n) is 14.8. The molecule has 0 saturated carbocycles. The summed E-state index contributed by atoms with van der Waals surface area (Å²) in [7, 11) is 0. The number of aromatic amines is 1. The van der Waals surface area contributed by atoms with Crippen molar-refractivity contribution in [3.8, 4) is 33.8 Å². The second kappa shape index (κ2) is 6.63. The van der Waals surface area contributed by atoms with Gasteiger partial charge in [0.25, 0.3) is 5.56 Å². The smallest absolute Gasteiger partial charge is 0.263 e. The number of nitrogens with one attached hydrogen (secondary N) is 1. The molecule has 3 aromatic heterocycles. The molecule has 0 aliphatic carbocycles. The first-order valence-corrected chi connectivity index (χ1v) is 8.89. The van der Waals surface area contributed by atoms with Gasteiger partial charge in [-0.25, -0.2) is 0 Å². The average Bonchev–Trinajstić information content (AvgIpc) is 3.16. The molecule has 28 heavy (non-hydrogen) atoms. The maximum Gasteiger partial charge on any atom is 0.263 e. The first-order chi connectivity index (χ1) is 13.8. The molecule has 0 aliphatic heterocycles. The Morgan fingerprint density at radius 3 is 2.14 bits per heavy atom. The Balaban J connectivity index is 1.84. The van der Waals surface area contributed by atoms with Gasteiger partial charge in [-0.15, -0.1) is 0 Å². The van der Waals surface area contributed by atoms with Gasteiger partial charge in [-0.05, 0) is 17.7 Å². The zero-order valence-corrected chi connectivity index (χ0v) is 14.8. The third-order valence-corrected chi connectivity index (χ3v) is 4.60. The van der Waals surface area contributed by atoms with E-state index in [1.54, 1.807) is 18.5 Å². The van der Waals surface area contributed by atoms with Gasteiger partial charge in [-0.2, -0.15) is 4.98 Å².